The largest absolute Gasteiger partial charge is 0.382 e. The van der Waals surface area contributed by atoms with Crippen LogP contribution in [0.25, 0.3) is 11.0 Å². The SMILES string of the molecule is Nc1cnc2cnncc2n1. The normalized spacial score (nSPS) is 10.2. The summed E-state index contributed by atoms with van der Waals surface area (Å²) in [6, 6.07) is 0. The molecular formula is C6H5N5. The van der Waals surface area contributed by atoms with Crippen molar-refractivity contribution in [1.29, 1.82) is 0 Å². The van der Waals surface area contributed by atoms with Crippen LogP contribution in [0.2, 0.25) is 0 Å². The lowest BCUT2D eigenvalue weighted by atomic mass is 10.4. The predicted octanol–water partition coefficient (Wildman–Crippen LogP) is 0.00200. The number of rotatable bonds is 0. The fourth-order valence-corrected chi connectivity index (χ4v) is 0.798. The number of hydrogen-bond donors (Lipinski definition) is 1. The van der Waals surface area contributed by atoms with Crippen LogP contribution in [0.5, 0.6) is 0 Å². The average molecular weight is 147 g/mol. The fraction of sp³-hybridized carbons (Fsp3) is 0. The summed E-state index contributed by atoms with van der Waals surface area (Å²) in [6.45, 7) is 0. The molecule has 0 aliphatic heterocycles. The molecule has 2 heterocycles. The highest BCUT2D eigenvalue weighted by atomic mass is 15.1. The minimum Gasteiger partial charge on any atom is -0.382 e. The number of nitrogens with two attached hydrogens (primary N) is 1. The molecular weight excluding hydrogens is 142 g/mol. The molecule has 11 heavy (non-hydrogen) atoms. The molecule has 5 heteroatoms. The van der Waals surface area contributed by atoms with E-state index in [1.807, 2.05) is 0 Å². The third kappa shape index (κ3) is 0.958. The first-order valence-electron chi connectivity index (χ1n) is 3.05. The number of nitrogen functional groups attached to an aromatic ring is 1. The Morgan fingerprint density at radius 3 is 2.55 bits per heavy atom. The lowest BCUT2D eigenvalue weighted by Crippen LogP contribution is -1.93. The molecule has 0 aliphatic carbocycles. The molecule has 0 bridgehead atoms. The van der Waals surface area contributed by atoms with Gasteiger partial charge in [-0.05, 0) is 0 Å². The van der Waals surface area contributed by atoms with Gasteiger partial charge in [0.15, 0.2) is 0 Å². The second-order valence-electron chi connectivity index (χ2n) is 2.05. The zero-order valence-electron chi connectivity index (χ0n) is 5.60. The summed E-state index contributed by atoms with van der Waals surface area (Å²) in [5.41, 5.74) is 6.77. The highest BCUT2D eigenvalue weighted by Crippen LogP contribution is 2.05. The topological polar surface area (TPSA) is 77.6 Å². The van der Waals surface area contributed by atoms with E-state index >= 15 is 0 Å². The van der Waals surface area contributed by atoms with Crippen molar-refractivity contribution in [3.63, 3.8) is 0 Å². The van der Waals surface area contributed by atoms with Gasteiger partial charge in [-0.15, -0.1) is 0 Å². The predicted molar refractivity (Wildman–Crippen MR) is 39.5 cm³/mol. The first-order chi connectivity index (χ1) is 5.36. The second-order valence-corrected chi connectivity index (χ2v) is 2.05. The number of hydrogen-bond acceptors (Lipinski definition) is 5. The standard InChI is InChI=1S/C6H5N5/c7-6-3-8-4-1-9-10-2-5(4)11-6/h1-3H,(H2,7,11). The summed E-state index contributed by atoms with van der Waals surface area (Å²) < 4.78 is 0. The van der Waals surface area contributed by atoms with E-state index in [4.69, 9.17) is 5.73 Å². The van der Waals surface area contributed by atoms with Crippen LogP contribution in [0, 0.1) is 0 Å². The van der Waals surface area contributed by atoms with Crippen LogP contribution in [0.4, 0.5) is 5.82 Å². The molecule has 0 unspecified atom stereocenters. The first-order valence-corrected chi connectivity index (χ1v) is 3.05. The van der Waals surface area contributed by atoms with Crippen LogP contribution in [-0.2, 0) is 0 Å². The van der Waals surface area contributed by atoms with E-state index < -0.39 is 0 Å². The van der Waals surface area contributed by atoms with Crippen LogP contribution in [0.15, 0.2) is 18.6 Å². The Bertz CT molecular complexity index is 385. The Hall–Kier alpha value is -1.78. The average Bonchev–Trinajstić information content (AvgIpc) is 2.04. The Morgan fingerprint density at radius 1 is 1.00 bits per heavy atom. The fourth-order valence-electron chi connectivity index (χ4n) is 0.798. The van der Waals surface area contributed by atoms with Gasteiger partial charge >= 0.3 is 0 Å². The number of nitrogens with zero attached hydrogens (tertiary/aromatic N) is 4. The van der Waals surface area contributed by atoms with Crippen molar-refractivity contribution in [1.82, 2.24) is 20.2 Å². The summed E-state index contributed by atoms with van der Waals surface area (Å²) in [7, 11) is 0. The van der Waals surface area contributed by atoms with E-state index in [1.54, 1.807) is 6.20 Å². The molecule has 2 N–H and O–H groups in total. The molecule has 0 atom stereocenters. The molecule has 54 valence electrons. The highest BCUT2D eigenvalue weighted by Gasteiger charge is 1.94. The maximum Gasteiger partial charge on any atom is 0.142 e. The molecule has 2 rings (SSSR count). The van der Waals surface area contributed by atoms with Crippen molar-refractivity contribution in [3.05, 3.63) is 18.6 Å². The van der Waals surface area contributed by atoms with Crippen molar-refractivity contribution in [3.8, 4) is 0 Å². The van der Waals surface area contributed by atoms with Crippen molar-refractivity contribution in [2.75, 3.05) is 5.73 Å². The molecule has 0 spiro atoms. The zero-order valence-corrected chi connectivity index (χ0v) is 5.60. The van der Waals surface area contributed by atoms with Crippen molar-refractivity contribution in [2.24, 2.45) is 0 Å². The van der Waals surface area contributed by atoms with Crippen LogP contribution < -0.4 is 5.73 Å². The molecule has 0 radical (unpaired) electrons. The molecule has 0 amide bonds. The minimum absolute atomic E-state index is 0.394. The summed E-state index contributed by atoms with van der Waals surface area (Å²) in [4.78, 5) is 7.98. The maximum atomic E-state index is 5.40. The zero-order chi connectivity index (χ0) is 7.68. The van der Waals surface area contributed by atoms with E-state index in [-0.39, 0.29) is 0 Å². The van der Waals surface area contributed by atoms with Gasteiger partial charge in [0.1, 0.15) is 16.9 Å². The molecule has 2 aromatic rings. The maximum absolute atomic E-state index is 5.40. The van der Waals surface area contributed by atoms with Crippen molar-refractivity contribution >= 4 is 16.9 Å². The molecule has 2 aromatic heterocycles. The van der Waals surface area contributed by atoms with Crippen LogP contribution in [-0.4, -0.2) is 20.2 Å². The Kier molecular flexibility index (Phi) is 1.15. The monoisotopic (exact) mass is 147 g/mol. The van der Waals surface area contributed by atoms with E-state index in [1.165, 1.54) is 12.4 Å². The van der Waals surface area contributed by atoms with Gasteiger partial charge in [-0.3, -0.25) is 0 Å². The van der Waals surface area contributed by atoms with Crippen LogP contribution in [0.3, 0.4) is 0 Å². The lowest BCUT2D eigenvalue weighted by molar-refractivity contribution is 1.04. The van der Waals surface area contributed by atoms with Crippen LogP contribution in [0.1, 0.15) is 0 Å². The lowest BCUT2D eigenvalue weighted by Gasteiger charge is -1.93. The third-order valence-corrected chi connectivity index (χ3v) is 1.27. The van der Waals surface area contributed by atoms with Crippen molar-refractivity contribution in [2.45, 2.75) is 0 Å². The Morgan fingerprint density at radius 2 is 1.73 bits per heavy atom. The first kappa shape index (κ1) is 5.96. The van der Waals surface area contributed by atoms with E-state index in [0.717, 1.165) is 0 Å². The van der Waals surface area contributed by atoms with Gasteiger partial charge in [-0.1, -0.05) is 0 Å². The van der Waals surface area contributed by atoms with Gasteiger partial charge in [0.05, 0.1) is 18.6 Å². The molecule has 0 aliphatic rings. The van der Waals surface area contributed by atoms with Gasteiger partial charge in [0.25, 0.3) is 0 Å². The van der Waals surface area contributed by atoms with E-state index in [9.17, 15) is 0 Å². The minimum atomic E-state index is 0.394. The molecule has 0 aromatic carbocycles. The number of fused-ring (bicyclic) bond motifs is 1. The summed E-state index contributed by atoms with van der Waals surface area (Å²) in [5.74, 6) is 0.394. The summed E-state index contributed by atoms with van der Waals surface area (Å²) in [6.07, 6.45) is 4.56. The van der Waals surface area contributed by atoms with Gasteiger partial charge < -0.3 is 5.73 Å². The molecule has 0 fully saturated rings. The van der Waals surface area contributed by atoms with E-state index in [0.29, 0.717) is 16.9 Å². The van der Waals surface area contributed by atoms with Gasteiger partial charge in [-0.25, -0.2) is 9.97 Å². The number of aromatic nitrogens is 4. The quantitative estimate of drug-likeness (QED) is 0.567. The Balaban J connectivity index is 2.83. The third-order valence-electron chi connectivity index (χ3n) is 1.27. The second kappa shape index (κ2) is 2.12. The van der Waals surface area contributed by atoms with Gasteiger partial charge in [0.2, 0.25) is 0 Å². The molecule has 0 saturated carbocycles. The van der Waals surface area contributed by atoms with Gasteiger partial charge in [-0.2, -0.15) is 10.2 Å². The van der Waals surface area contributed by atoms with Gasteiger partial charge in [0, 0.05) is 0 Å². The number of anilines is 1. The van der Waals surface area contributed by atoms with Crippen LogP contribution >= 0.6 is 0 Å². The molecule has 0 saturated heterocycles. The smallest absolute Gasteiger partial charge is 0.142 e. The summed E-state index contributed by atoms with van der Waals surface area (Å²) >= 11 is 0. The molecule has 5 nitrogen and oxygen atoms in total. The highest BCUT2D eigenvalue weighted by molar-refractivity contribution is 5.72. The van der Waals surface area contributed by atoms with Crippen molar-refractivity contribution < 1.29 is 0 Å². The summed E-state index contributed by atoms with van der Waals surface area (Å²) in [5, 5.41) is 7.30. The Labute approximate surface area is 62.3 Å². The van der Waals surface area contributed by atoms with E-state index in [2.05, 4.69) is 20.2 Å².